The number of carboxylic acid groups (broad SMARTS) is 1. The van der Waals surface area contributed by atoms with Gasteiger partial charge in [-0.05, 0) is 6.07 Å². The van der Waals surface area contributed by atoms with E-state index in [2.05, 4.69) is 4.98 Å². The Labute approximate surface area is 93.0 Å². The molecule has 0 aliphatic carbocycles. The number of carbonyl (C=O) groups is 1. The Balaban J connectivity index is 2.57. The van der Waals surface area contributed by atoms with Gasteiger partial charge in [0.25, 0.3) is 0 Å². The summed E-state index contributed by atoms with van der Waals surface area (Å²) in [6.07, 6.45) is 1.93. The van der Waals surface area contributed by atoms with Crippen molar-refractivity contribution in [3.63, 3.8) is 0 Å². The molecule has 1 aromatic heterocycles. The van der Waals surface area contributed by atoms with Crippen LogP contribution in [0.5, 0.6) is 5.88 Å². The van der Waals surface area contributed by atoms with Gasteiger partial charge >= 0.3 is 5.97 Å². The maximum absolute atomic E-state index is 10.6. The van der Waals surface area contributed by atoms with E-state index >= 15 is 0 Å². The molecule has 0 aliphatic heterocycles. The predicted molar refractivity (Wildman–Crippen MR) is 57.6 cm³/mol. The van der Waals surface area contributed by atoms with Crippen molar-refractivity contribution in [2.24, 2.45) is 0 Å². The number of nitrogens with zero attached hydrogens (tertiary/aromatic N) is 1. The van der Waals surface area contributed by atoms with Crippen molar-refractivity contribution >= 4 is 11.7 Å². The molecular weight excluding hydrogens is 212 g/mol. The molecular formula is C10H14N2O4. The third kappa shape index (κ3) is 3.39. The van der Waals surface area contributed by atoms with Crippen molar-refractivity contribution < 1.29 is 19.4 Å². The van der Waals surface area contributed by atoms with E-state index in [0.717, 1.165) is 6.42 Å². The monoisotopic (exact) mass is 226 g/mol. The van der Waals surface area contributed by atoms with Crippen molar-refractivity contribution in [1.29, 1.82) is 0 Å². The number of methoxy groups -OCH3 is 1. The van der Waals surface area contributed by atoms with Crippen LogP contribution in [0.25, 0.3) is 0 Å². The van der Waals surface area contributed by atoms with Crippen LogP contribution in [-0.4, -0.2) is 36.4 Å². The molecule has 1 rings (SSSR count). The number of aromatic carboxylic acids is 1. The second-order valence-electron chi connectivity index (χ2n) is 3.12. The fraction of sp³-hybridized carbons (Fsp3) is 0.400. The number of carboxylic acids is 1. The van der Waals surface area contributed by atoms with E-state index in [0.29, 0.717) is 13.2 Å². The number of nitrogens with two attached hydrogens (primary N) is 1. The number of pyridine rings is 1. The Kier molecular flexibility index (Phi) is 4.53. The first-order valence-electron chi connectivity index (χ1n) is 4.75. The number of nitrogen functional groups attached to an aromatic ring is 1. The van der Waals surface area contributed by atoms with E-state index in [1.807, 2.05) is 0 Å². The zero-order chi connectivity index (χ0) is 12.0. The first kappa shape index (κ1) is 12.3. The predicted octanol–water partition coefficient (Wildman–Crippen LogP) is 0.777. The average Bonchev–Trinajstić information content (AvgIpc) is 2.26. The van der Waals surface area contributed by atoms with Crippen LogP contribution in [0.4, 0.5) is 5.69 Å². The van der Waals surface area contributed by atoms with Crippen molar-refractivity contribution in [2.75, 3.05) is 26.1 Å². The molecule has 6 heteroatoms. The van der Waals surface area contributed by atoms with E-state index in [9.17, 15) is 4.79 Å². The molecule has 0 spiro atoms. The lowest BCUT2D eigenvalue weighted by molar-refractivity contribution is 0.0696. The first-order chi connectivity index (χ1) is 7.65. The minimum absolute atomic E-state index is 0.0433. The minimum atomic E-state index is -1.06. The Morgan fingerprint density at radius 1 is 1.56 bits per heavy atom. The molecule has 0 atom stereocenters. The lowest BCUT2D eigenvalue weighted by Crippen LogP contribution is -2.06. The first-order valence-corrected chi connectivity index (χ1v) is 4.75. The van der Waals surface area contributed by atoms with Crippen molar-refractivity contribution in [3.8, 4) is 5.88 Å². The second-order valence-corrected chi connectivity index (χ2v) is 3.12. The molecule has 0 fully saturated rings. The molecule has 6 nitrogen and oxygen atoms in total. The highest BCUT2D eigenvalue weighted by Crippen LogP contribution is 2.18. The third-order valence-corrected chi connectivity index (χ3v) is 1.86. The summed E-state index contributed by atoms with van der Waals surface area (Å²) in [6, 6.07) is 1.32. The van der Waals surface area contributed by atoms with Crippen molar-refractivity contribution in [1.82, 2.24) is 4.98 Å². The number of hydrogen-bond acceptors (Lipinski definition) is 5. The summed E-state index contributed by atoms with van der Waals surface area (Å²) in [7, 11) is 1.61. The molecule has 88 valence electrons. The Morgan fingerprint density at radius 3 is 2.88 bits per heavy atom. The number of hydrogen-bond donors (Lipinski definition) is 2. The maximum atomic E-state index is 10.6. The van der Waals surface area contributed by atoms with Gasteiger partial charge in [0.1, 0.15) is 0 Å². The van der Waals surface area contributed by atoms with Crippen LogP contribution in [0.15, 0.2) is 12.3 Å². The van der Waals surface area contributed by atoms with E-state index in [-0.39, 0.29) is 17.1 Å². The quantitative estimate of drug-likeness (QED) is 0.696. The van der Waals surface area contributed by atoms with Gasteiger partial charge in [-0.15, -0.1) is 0 Å². The van der Waals surface area contributed by atoms with Crippen molar-refractivity contribution in [3.05, 3.63) is 17.8 Å². The molecule has 1 aromatic rings. The van der Waals surface area contributed by atoms with E-state index in [1.54, 1.807) is 7.11 Å². The van der Waals surface area contributed by atoms with Gasteiger partial charge in [0, 0.05) is 26.3 Å². The zero-order valence-corrected chi connectivity index (χ0v) is 8.97. The standard InChI is InChI=1S/C10H14N2O4/c1-15-3-2-4-16-9-8(11)5-7(6-12-9)10(13)14/h5-6H,2-4,11H2,1H3,(H,13,14). The van der Waals surface area contributed by atoms with Gasteiger partial charge < -0.3 is 20.3 Å². The molecule has 0 saturated heterocycles. The Bertz CT molecular complexity index is 368. The van der Waals surface area contributed by atoms with E-state index < -0.39 is 5.97 Å². The summed E-state index contributed by atoms with van der Waals surface area (Å²) in [5.74, 6) is -0.814. The van der Waals surface area contributed by atoms with Gasteiger partial charge in [-0.3, -0.25) is 0 Å². The smallest absolute Gasteiger partial charge is 0.337 e. The average molecular weight is 226 g/mol. The summed E-state index contributed by atoms with van der Waals surface area (Å²) in [5.41, 5.74) is 5.85. The topological polar surface area (TPSA) is 94.7 Å². The maximum Gasteiger partial charge on any atom is 0.337 e. The van der Waals surface area contributed by atoms with Gasteiger partial charge in [0.2, 0.25) is 5.88 Å². The number of aromatic nitrogens is 1. The Hall–Kier alpha value is -1.82. The molecule has 16 heavy (non-hydrogen) atoms. The lowest BCUT2D eigenvalue weighted by atomic mass is 10.2. The highest BCUT2D eigenvalue weighted by Gasteiger charge is 2.08. The van der Waals surface area contributed by atoms with Gasteiger partial charge in [0.05, 0.1) is 17.9 Å². The Morgan fingerprint density at radius 2 is 2.31 bits per heavy atom. The van der Waals surface area contributed by atoms with E-state index in [1.165, 1.54) is 12.3 Å². The van der Waals surface area contributed by atoms with Gasteiger partial charge in [-0.25, -0.2) is 9.78 Å². The zero-order valence-electron chi connectivity index (χ0n) is 8.97. The number of anilines is 1. The largest absolute Gasteiger partial charge is 0.478 e. The number of rotatable bonds is 6. The van der Waals surface area contributed by atoms with Crippen LogP contribution in [0.2, 0.25) is 0 Å². The molecule has 0 amide bonds. The van der Waals surface area contributed by atoms with Crippen LogP contribution in [0, 0.1) is 0 Å². The summed E-state index contributed by atoms with van der Waals surface area (Å²) in [6.45, 7) is 1.02. The molecule has 3 N–H and O–H groups in total. The van der Waals surface area contributed by atoms with Crippen molar-refractivity contribution in [2.45, 2.75) is 6.42 Å². The fourth-order valence-corrected chi connectivity index (χ4v) is 1.08. The van der Waals surface area contributed by atoms with Crippen LogP contribution < -0.4 is 10.5 Å². The summed E-state index contributed by atoms with van der Waals surface area (Å²) >= 11 is 0. The highest BCUT2D eigenvalue weighted by molar-refractivity contribution is 5.88. The lowest BCUT2D eigenvalue weighted by Gasteiger charge is -2.07. The highest BCUT2D eigenvalue weighted by atomic mass is 16.5. The molecule has 1 heterocycles. The fourth-order valence-electron chi connectivity index (χ4n) is 1.08. The molecule has 0 saturated carbocycles. The van der Waals surface area contributed by atoms with E-state index in [4.69, 9.17) is 20.3 Å². The van der Waals surface area contributed by atoms with Crippen LogP contribution in [-0.2, 0) is 4.74 Å². The summed E-state index contributed by atoms with van der Waals surface area (Å²) in [5, 5.41) is 8.69. The molecule has 0 unspecified atom stereocenters. The molecule has 0 aromatic carbocycles. The second kappa shape index (κ2) is 5.92. The summed E-state index contributed by atoms with van der Waals surface area (Å²) in [4.78, 5) is 14.4. The number of ether oxygens (including phenoxy) is 2. The molecule has 0 bridgehead atoms. The summed E-state index contributed by atoms with van der Waals surface area (Å²) < 4.78 is 10.1. The van der Waals surface area contributed by atoms with Crippen LogP contribution in [0.3, 0.4) is 0 Å². The SMILES string of the molecule is COCCCOc1ncc(C(=O)O)cc1N. The molecule has 0 aliphatic rings. The van der Waals surface area contributed by atoms with Crippen LogP contribution >= 0.6 is 0 Å². The molecule has 0 radical (unpaired) electrons. The third-order valence-electron chi connectivity index (χ3n) is 1.86. The minimum Gasteiger partial charge on any atom is -0.478 e. The van der Waals surface area contributed by atoms with Crippen LogP contribution in [0.1, 0.15) is 16.8 Å². The van der Waals surface area contributed by atoms with Gasteiger partial charge in [-0.1, -0.05) is 0 Å². The van der Waals surface area contributed by atoms with Gasteiger partial charge in [-0.2, -0.15) is 0 Å². The normalized spacial score (nSPS) is 10.1. The van der Waals surface area contributed by atoms with Gasteiger partial charge in [0.15, 0.2) is 0 Å².